The molecule has 1 aromatic heterocycles. The number of para-hydroxylation sites is 1. The Labute approximate surface area is 182 Å². The quantitative estimate of drug-likeness (QED) is 0.559. The van der Waals surface area contributed by atoms with Crippen LogP contribution in [0.4, 0.5) is 0 Å². The highest BCUT2D eigenvalue weighted by Gasteiger charge is 2.15. The molecule has 0 saturated carbocycles. The molecular weight excluding hydrogens is 431 g/mol. The molecule has 0 bridgehead atoms. The lowest BCUT2D eigenvalue weighted by Crippen LogP contribution is -2.45. The summed E-state index contributed by atoms with van der Waals surface area (Å²) >= 11 is 12.1. The van der Waals surface area contributed by atoms with Crippen LogP contribution in [0.25, 0.3) is 11.4 Å². The van der Waals surface area contributed by atoms with E-state index in [1.807, 2.05) is 0 Å². The summed E-state index contributed by atoms with van der Waals surface area (Å²) in [6.45, 7) is 3.20. The fourth-order valence-corrected chi connectivity index (χ4v) is 2.73. The van der Waals surface area contributed by atoms with Gasteiger partial charge in [0.1, 0.15) is 18.0 Å². The maximum absolute atomic E-state index is 12.0. The number of nitrogens with one attached hydrogen (secondary N) is 2. The Bertz CT molecular complexity index is 1070. The topological polar surface area (TPSA) is 111 Å². The van der Waals surface area contributed by atoms with Crippen molar-refractivity contribution >= 4 is 35.0 Å². The normalized spacial score (nSPS) is 10.7. The molecular formula is C19H18Cl2N6O3. The van der Waals surface area contributed by atoms with Crippen molar-refractivity contribution < 1.29 is 14.3 Å². The van der Waals surface area contributed by atoms with Gasteiger partial charge in [-0.15, -0.1) is 10.2 Å². The third-order valence-corrected chi connectivity index (χ3v) is 4.36. The van der Waals surface area contributed by atoms with Gasteiger partial charge in [0.2, 0.25) is 11.7 Å². The van der Waals surface area contributed by atoms with E-state index in [9.17, 15) is 9.59 Å². The number of nitrogens with zero attached hydrogens (tertiary/aromatic N) is 4. The van der Waals surface area contributed by atoms with Crippen LogP contribution in [-0.2, 0) is 16.1 Å². The number of hydrogen-bond acceptors (Lipinski definition) is 6. The van der Waals surface area contributed by atoms with E-state index in [2.05, 4.69) is 26.3 Å². The SMILES string of the molecule is CC(C)C(=O)NNC(=O)Cn1nnc(-c2ccccc2Oc2ccc(Cl)cc2Cl)n1. The summed E-state index contributed by atoms with van der Waals surface area (Å²) in [5.74, 6) is 0.0748. The number of rotatable bonds is 6. The van der Waals surface area contributed by atoms with E-state index in [0.717, 1.165) is 4.80 Å². The Morgan fingerprint density at radius 3 is 2.60 bits per heavy atom. The molecule has 0 aliphatic rings. The first-order chi connectivity index (χ1) is 14.3. The average Bonchev–Trinajstić information content (AvgIpc) is 3.16. The first-order valence-corrected chi connectivity index (χ1v) is 9.68. The Hall–Kier alpha value is -3.17. The number of carbonyl (C=O) groups excluding carboxylic acids is 2. The number of hydrogen-bond donors (Lipinski definition) is 2. The minimum atomic E-state index is -0.495. The largest absolute Gasteiger partial charge is 0.455 e. The lowest BCUT2D eigenvalue weighted by atomic mass is 10.2. The summed E-state index contributed by atoms with van der Waals surface area (Å²) < 4.78 is 5.89. The minimum absolute atomic E-state index is 0.225. The number of aromatic nitrogens is 4. The van der Waals surface area contributed by atoms with Crippen LogP contribution < -0.4 is 15.6 Å². The van der Waals surface area contributed by atoms with Crippen molar-refractivity contribution in [3.05, 3.63) is 52.5 Å². The number of carbonyl (C=O) groups is 2. The lowest BCUT2D eigenvalue weighted by Gasteiger charge is -2.10. The van der Waals surface area contributed by atoms with Gasteiger partial charge in [0.15, 0.2) is 0 Å². The zero-order chi connectivity index (χ0) is 21.7. The van der Waals surface area contributed by atoms with Crippen LogP contribution in [0.1, 0.15) is 13.8 Å². The van der Waals surface area contributed by atoms with E-state index in [-0.39, 0.29) is 24.2 Å². The van der Waals surface area contributed by atoms with Crippen LogP contribution in [-0.4, -0.2) is 32.0 Å². The number of ether oxygens (including phenoxy) is 1. The molecule has 0 fully saturated rings. The summed E-state index contributed by atoms with van der Waals surface area (Å²) in [6, 6.07) is 12.0. The van der Waals surface area contributed by atoms with E-state index in [1.54, 1.807) is 56.3 Å². The van der Waals surface area contributed by atoms with Gasteiger partial charge in [-0.1, -0.05) is 49.2 Å². The van der Waals surface area contributed by atoms with Gasteiger partial charge >= 0.3 is 0 Å². The second kappa shape index (κ2) is 9.55. The lowest BCUT2D eigenvalue weighted by molar-refractivity contribution is -0.131. The summed E-state index contributed by atoms with van der Waals surface area (Å²) in [6.07, 6.45) is 0. The first kappa shape index (κ1) is 21.5. The highest BCUT2D eigenvalue weighted by atomic mass is 35.5. The fourth-order valence-electron chi connectivity index (χ4n) is 2.28. The van der Waals surface area contributed by atoms with Crippen molar-refractivity contribution in [1.29, 1.82) is 0 Å². The molecule has 2 N–H and O–H groups in total. The van der Waals surface area contributed by atoms with Crippen molar-refractivity contribution in [1.82, 2.24) is 31.1 Å². The van der Waals surface area contributed by atoms with Gasteiger partial charge < -0.3 is 4.74 Å². The molecule has 156 valence electrons. The van der Waals surface area contributed by atoms with Crippen LogP contribution in [0.5, 0.6) is 11.5 Å². The van der Waals surface area contributed by atoms with Crippen LogP contribution >= 0.6 is 23.2 Å². The minimum Gasteiger partial charge on any atom is -0.455 e. The van der Waals surface area contributed by atoms with Crippen molar-refractivity contribution in [2.45, 2.75) is 20.4 Å². The second-order valence-corrected chi connectivity index (χ2v) is 7.35. The van der Waals surface area contributed by atoms with E-state index in [0.29, 0.717) is 27.1 Å². The van der Waals surface area contributed by atoms with Crippen LogP contribution in [0.2, 0.25) is 10.0 Å². The van der Waals surface area contributed by atoms with Crippen LogP contribution in [0.3, 0.4) is 0 Å². The van der Waals surface area contributed by atoms with E-state index < -0.39 is 5.91 Å². The van der Waals surface area contributed by atoms with Crippen molar-refractivity contribution in [2.24, 2.45) is 5.92 Å². The third kappa shape index (κ3) is 5.46. The van der Waals surface area contributed by atoms with Gasteiger partial charge in [-0.3, -0.25) is 20.4 Å². The number of amides is 2. The molecule has 0 aliphatic heterocycles. The van der Waals surface area contributed by atoms with E-state index in [1.165, 1.54) is 0 Å². The molecule has 0 aliphatic carbocycles. The van der Waals surface area contributed by atoms with Gasteiger partial charge in [0, 0.05) is 10.9 Å². The zero-order valence-corrected chi connectivity index (χ0v) is 17.6. The zero-order valence-electron chi connectivity index (χ0n) is 16.1. The molecule has 0 unspecified atom stereocenters. The van der Waals surface area contributed by atoms with Crippen molar-refractivity contribution in [3.63, 3.8) is 0 Å². The number of halogens is 2. The second-order valence-electron chi connectivity index (χ2n) is 6.51. The van der Waals surface area contributed by atoms with Crippen molar-refractivity contribution in [3.8, 4) is 22.9 Å². The molecule has 3 aromatic rings. The molecule has 2 aromatic carbocycles. The molecule has 11 heteroatoms. The molecule has 1 heterocycles. The van der Waals surface area contributed by atoms with Crippen LogP contribution in [0.15, 0.2) is 42.5 Å². The molecule has 3 rings (SSSR count). The summed E-state index contributed by atoms with van der Waals surface area (Å²) in [7, 11) is 0. The number of hydrazine groups is 1. The molecule has 0 spiro atoms. The predicted molar refractivity (Wildman–Crippen MR) is 111 cm³/mol. The smallest absolute Gasteiger partial charge is 0.262 e. The van der Waals surface area contributed by atoms with Gasteiger partial charge in [0.05, 0.1) is 10.6 Å². The Morgan fingerprint density at radius 2 is 1.87 bits per heavy atom. The maximum atomic E-state index is 12.0. The highest BCUT2D eigenvalue weighted by molar-refractivity contribution is 6.35. The average molecular weight is 449 g/mol. The third-order valence-electron chi connectivity index (χ3n) is 3.83. The summed E-state index contributed by atoms with van der Waals surface area (Å²) in [5.41, 5.74) is 5.17. The molecule has 0 saturated heterocycles. The highest BCUT2D eigenvalue weighted by Crippen LogP contribution is 2.35. The predicted octanol–water partition coefficient (Wildman–Crippen LogP) is 3.24. The maximum Gasteiger partial charge on any atom is 0.262 e. The van der Waals surface area contributed by atoms with Gasteiger partial charge in [-0.2, -0.15) is 4.80 Å². The fraction of sp³-hybridized carbons (Fsp3) is 0.211. The molecule has 0 radical (unpaired) electrons. The standard InChI is InChI=1S/C19H18Cl2N6O3/c1-11(2)19(29)24-22-17(28)10-27-25-18(23-26-27)13-5-3-4-6-15(13)30-16-8-7-12(20)9-14(16)21/h3-9,11H,10H2,1-2H3,(H,22,28)(H,24,29). The Balaban J connectivity index is 1.72. The van der Waals surface area contributed by atoms with Crippen molar-refractivity contribution in [2.75, 3.05) is 0 Å². The summed E-state index contributed by atoms with van der Waals surface area (Å²) in [4.78, 5) is 24.6. The van der Waals surface area contributed by atoms with E-state index in [4.69, 9.17) is 27.9 Å². The number of tetrazole rings is 1. The Morgan fingerprint density at radius 1 is 1.10 bits per heavy atom. The van der Waals surface area contributed by atoms with Crippen LogP contribution in [0, 0.1) is 5.92 Å². The van der Waals surface area contributed by atoms with Gasteiger partial charge in [-0.25, -0.2) is 0 Å². The molecule has 2 amide bonds. The van der Waals surface area contributed by atoms with Gasteiger partial charge in [0.25, 0.3) is 5.91 Å². The molecule has 30 heavy (non-hydrogen) atoms. The monoisotopic (exact) mass is 448 g/mol. The van der Waals surface area contributed by atoms with E-state index >= 15 is 0 Å². The number of benzene rings is 2. The van der Waals surface area contributed by atoms with Gasteiger partial charge in [-0.05, 0) is 35.5 Å². The Kier molecular flexibility index (Phi) is 6.86. The molecule has 9 nitrogen and oxygen atoms in total. The summed E-state index contributed by atoms with van der Waals surface area (Å²) in [5, 5.41) is 12.9. The first-order valence-electron chi connectivity index (χ1n) is 8.92. The molecule has 0 atom stereocenters.